The van der Waals surface area contributed by atoms with Crippen molar-refractivity contribution in [3.8, 4) is 5.69 Å². The maximum Gasteiger partial charge on any atom is 0.317 e. The summed E-state index contributed by atoms with van der Waals surface area (Å²) >= 11 is 0. The lowest BCUT2D eigenvalue weighted by atomic mass is 9.85. The fourth-order valence-corrected chi connectivity index (χ4v) is 3.65. The highest BCUT2D eigenvalue weighted by Gasteiger charge is 2.36. The number of carboxylic acid groups (broad SMARTS) is 1. The first kappa shape index (κ1) is 18.1. The first-order chi connectivity index (χ1) is 13.1. The molecule has 0 amide bonds. The molecule has 0 saturated heterocycles. The molecule has 7 heteroatoms. The van der Waals surface area contributed by atoms with Crippen molar-refractivity contribution in [1.29, 1.82) is 0 Å². The molecule has 0 atom stereocenters. The topological polar surface area (TPSA) is 70.4 Å². The Morgan fingerprint density at radius 2 is 2.04 bits per heavy atom. The number of hydrogen-bond acceptors (Lipinski definition) is 4. The summed E-state index contributed by atoms with van der Waals surface area (Å²) in [5, 5.41) is 17.0. The van der Waals surface area contributed by atoms with Gasteiger partial charge in [0.25, 0.3) is 0 Å². The van der Waals surface area contributed by atoms with Crippen LogP contribution < -0.4 is 5.32 Å². The van der Waals surface area contributed by atoms with Gasteiger partial charge in [0.2, 0.25) is 0 Å². The molecule has 0 unspecified atom stereocenters. The average molecular weight is 372 g/mol. The van der Waals surface area contributed by atoms with E-state index in [9.17, 15) is 9.18 Å². The predicted molar refractivity (Wildman–Crippen MR) is 99.1 cm³/mol. The van der Waals surface area contributed by atoms with Gasteiger partial charge in [-0.1, -0.05) is 0 Å². The highest BCUT2D eigenvalue weighted by atomic mass is 19.1. The molecule has 0 radical (unpaired) electrons. The zero-order valence-corrected chi connectivity index (χ0v) is 15.2. The van der Waals surface area contributed by atoms with Gasteiger partial charge in [0.15, 0.2) is 0 Å². The SMILES string of the molecule is O=C(O)CN(CC1CC1)C1CC(NCc2cnn(-c3ccc(F)cc3)c2)C1. The summed E-state index contributed by atoms with van der Waals surface area (Å²) in [5.41, 5.74) is 1.90. The Morgan fingerprint density at radius 1 is 1.30 bits per heavy atom. The molecule has 2 aromatic rings. The van der Waals surface area contributed by atoms with Gasteiger partial charge < -0.3 is 10.4 Å². The van der Waals surface area contributed by atoms with Crippen LogP contribution in [0.5, 0.6) is 0 Å². The Morgan fingerprint density at radius 3 is 2.70 bits per heavy atom. The van der Waals surface area contributed by atoms with E-state index in [1.54, 1.807) is 16.8 Å². The highest BCUT2D eigenvalue weighted by molar-refractivity contribution is 5.69. The van der Waals surface area contributed by atoms with Gasteiger partial charge in [-0.25, -0.2) is 9.07 Å². The van der Waals surface area contributed by atoms with Gasteiger partial charge in [0, 0.05) is 36.9 Å². The molecule has 1 aromatic carbocycles. The summed E-state index contributed by atoms with van der Waals surface area (Å²) in [7, 11) is 0. The maximum absolute atomic E-state index is 13.0. The lowest BCUT2D eigenvalue weighted by molar-refractivity contribution is -0.139. The van der Waals surface area contributed by atoms with Crippen LogP contribution in [-0.2, 0) is 11.3 Å². The summed E-state index contributed by atoms with van der Waals surface area (Å²) in [6, 6.07) is 7.04. The lowest BCUT2D eigenvalue weighted by Gasteiger charge is -2.43. The molecular weight excluding hydrogens is 347 g/mol. The Balaban J connectivity index is 1.24. The number of nitrogens with zero attached hydrogens (tertiary/aromatic N) is 3. The van der Waals surface area contributed by atoms with Crippen molar-refractivity contribution < 1.29 is 14.3 Å². The van der Waals surface area contributed by atoms with Gasteiger partial charge in [0.05, 0.1) is 18.4 Å². The van der Waals surface area contributed by atoms with Gasteiger partial charge in [-0.15, -0.1) is 0 Å². The summed E-state index contributed by atoms with van der Waals surface area (Å²) in [6.07, 6.45) is 8.22. The number of hydrogen-bond donors (Lipinski definition) is 2. The molecule has 0 bridgehead atoms. The van der Waals surface area contributed by atoms with E-state index >= 15 is 0 Å². The molecule has 0 spiro atoms. The van der Waals surface area contributed by atoms with Crippen molar-refractivity contribution in [2.45, 2.75) is 44.3 Å². The molecule has 2 aliphatic carbocycles. The minimum absolute atomic E-state index is 0.151. The summed E-state index contributed by atoms with van der Waals surface area (Å²) in [5.74, 6) is -0.292. The second-order valence-corrected chi connectivity index (χ2v) is 7.74. The molecular formula is C20H25FN4O2. The zero-order chi connectivity index (χ0) is 18.8. The number of nitrogens with one attached hydrogen (secondary N) is 1. The standard InChI is InChI=1S/C20H25FN4O2/c21-16-3-5-18(6-4-16)25-12-15(10-23-25)9-22-17-7-19(8-17)24(13-20(26)27)11-14-1-2-14/h3-6,10,12,14,17,19,22H,1-2,7-9,11,13H2,(H,26,27). The highest BCUT2D eigenvalue weighted by Crippen LogP contribution is 2.33. The molecule has 4 rings (SSSR count). The van der Waals surface area contributed by atoms with Crippen molar-refractivity contribution in [3.05, 3.63) is 48.0 Å². The van der Waals surface area contributed by atoms with Crippen LogP contribution in [-0.4, -0.2) is 50.9 Å². The van der Waals surface area contributed by atoms with Crippen LogP contribution in [0.3, 0.4) is 0 Å². The van der Waals surface area contributed by atoms with Crippen molar-refractivity contribution >= 4 is 5.97 Å². The van der Waals surface area contributed by atoms with E-state index in [-0.39, 0.29) is 12.4 Å². The number of halogens is 1. The fraction of sp³-hybridized carbons (Fsp3) is 0.500. The zero-order valence-electron chi connectivity index (χ0n) is 15.2. The summed E-state index contributed by atoms with van der Waals surface area (Å²) in [4.78, 5) is 13.2. The minimum atomic E-state index is -0.736. The largest absolute Gasteiger partial charge is 0.480 e. The van der Waals surface area contributed by atoms with E-state index in [1.807, 2.05) is 12.4 Å². The molecule has 6 nitrogen and oxygen atoms in total. The monoisotopic (exact) mass is 372 g/mol. The molecule has 0 aliphatic heterocycles. The van der Waals surface area contributed by atoms with Crippen molar-refractivity contribution in [1.82, 2.24) is 20.0 Å². The van der Waals surface area contributed by atoms with Crippen LogP contribution in [0, 0.1) is 11.7 Å². The molecule has 2 N–H and O–H groups in total. The Kier molecular flexibility index (Phi) is 5.22. The minimum Gasteiger partial charge on any atom is -0.480 e. The van der Waals surface area contributed by atoms with E-state index in [1.165, 1.54) is 25.0 Å². The van der Waals surface area contributed by atoms with Gasteiger partial charge in [-0.2, -0.15) is 5.10 Å². The normalized spacial score (nSPS) is 22.0. The van der Waals surface area contributed by atoms with E-state index in [4.69, 9.17) is 5.11 Å². The fourth-order valence-electron chi connectivity index (χ4n) is 3.65. The molecule has 1 heterocycles. The third-order valence-electron chi connectivity index (χ3n) is 5.48. The van der Waals surface area contributed by atoms with E-state index in [0.29, 0.717) is 18.0 Å². The lowest BCUT2D eigenvalue weighted by Crippen LogP contribution is -2.54. The first-order valence-corrected chi connectivity index (χ1v) is 9.55. The van der Waals surface area contributed by atoms with Crippen LogP contribution in [0.25, 0.3) is 5.69 Å². The molecule has 1 aromatic heterocycles. The van der Waals surface area contributed by atoms with E-state index in [0.717, 1.165) is 37.2 Å². The van der Waals surface area contributed by atoms with Gasteiger partial charge in [0.1, 0.15) is 5.82 Å². The average Bonchev–Trinajstić information content (AvgIpc) is 3.28. The molecule has 2 saturated carbocycles. The first-order valence-electron chi connectivity index (χ1n) is 9.55. The quantitative estimate of drug-likeness (QED) is 0.707. The predicted octanol–water partition coefficient (Wildman–Crippen LogP) is 2.43. The van der Waals surface area contributed by atoms with Crippen LogP contribution in [0.4, 0.5) is 4.39 Å². The number of carboxylic acids is 1. The van der Waals surface area contributed by atoms with Gasteiger partial charge in [-0.05, 0) is 55.9 Å². The number of aromatic nitrogens is 2. The van der Waals surface area contributed by atoms with Crippen molar-refractivity contribution in [2.24, 2.45) is 5.92 Å². The van der Waals surface area contributed by atoms with Crippen LogP contribution in [0.1, 0.15) is 31.2 Å². The number of rotatable bonds is 9. The van der Waals surface area contributed by atoms with Gasteiger partial charge in [-0.3, -0.25) is 9.69 Å². The smallest absolute Gasteiger partial charge is 0.317 e. The Hall–Kier alpha value is -2.25. The molecule has 2 fully saturated rings. The summed E-state index contributed by atoms with van der Waals surface area (Å²) < 4.78 is 14.8. The third-order valence-corrected chi connectivity index (χ3v) is 5.48. The Bertz CT molecular complexity index is 782. The third kappa shape index (κ3) is 4.73. The Labute approximate surface area is 158 Å². The molecule has 2 aliphatic rings. The van der Waals surface area contributed by atoms with Crippen LogP contribution in [0.2, 0.25) is 0 Å². The van der Waals surface area contributed by atoms with E-state index < -0.39 is 5.97 Å². The summed E-state index contributed by atoms with van der Waals surface area (Å²) in [6.45, 7) is 1.80. The number of carbonyl (C=O) groups is 1. The van der Waals surface area contributed by atoms with Crippen molar-refractivity contribution in [2.75, 3.05) is 13.1 Å². The van der Waals surface area contributed by atoms with Crippen molar-refractivity contribution in [3.63, 3.8) is 0 Å². The van der Waals surface area contributed by atoms with Crippen LogP contribution in [0.15, 0.2) is 36.7 Å². The number of benzene rings is 1. The molecule has 144 valence electrons. The van der Waals surface area contributed by atoms with Gasteiger partial charge >= 0.3 is 5.97 Å². The number of aliphatic carboxylic acids is 1. The van der Waals surface area contributed by atoms with E-state index in [2.05, 4.69) is 15.3 Å². The second kappa shape index (κ2) is 7.78. The molecule has 27 heavy (non-hydrogen) atoms. The van der Waals surface area contributed by atoms with Crippen LogP contribution >= 0.6 is 0 Å². The maximum atomic E-state index is 13.0. The second-order valence-electron chi connectivity index (χ2n) is 7.74.